The van der Waals surface area contributed by atoms with Crippen LogP contribution in [0, 0.1) is 0 Å². The first-order chi connectivity index (χ1) is 10.7. The maximum Gasteiger partial charge on any atom is 0.236 e. The minimum absolute atomic E-state index is 0.0339. The van der Waals surface area contributed by atoms with Gasteiger partial charge in [-0.1, -0.05) is 22.9 Å². The highest BCUT2D eigenvalue weighted by molar-refractivity contribution is 8.00. The van der Waals surface area contributed by atoms with E-state index in [-0.39, 0.29) is 12.0 Å². The summed E-state index contributed by atoms with van der Waals surface area (Å²) >= 11 is 8.65. The van der Waals surface area contributed by atoms with E-state index in [0.29, 0.717) is 15.9 Å². The molecular weight excluding hydrogens is 342 g/mol. The van der Waals surface area contributed by atoms with E-state index in [9.17, 15) is 4.79 Å². The molecule has 1 fully saturated rings. The average molecular weight is 356 g/mol. The van der Waals surface area contributed by atoms with E-state index in [1.54, 1.807) is 12.1 Å². The van der Waals surface area contributed by atoms with Crippen molar-refractivity contribution >= 4 is 45.7 Å². The van der Waals surface area contributed by atoms with Gasteiger partial charge in [-0.2, -0.15) is 0 Å². The van der Waals surface area contributed by atoms with Gasteiger partial charge in [-0.3, -0.25) is 10.1 Å². The van der Waals surface area contributed by atoms with Gasteiger partial charge in [0.25, 0.3) is 0 Å². The molecule has 0 saturated carbocycles. The van der Waals surface area contributed by atoms with Crippen molar-refractivity contribution in [3.63, 3.8) is 0 Å². The van der Waals surface area contributed by atoms with E-state index in [1.807, 2.05) is 12.1 Å². The summed E-state index contributed by atoms with van der Waals surface area (Å²) in [5.41, 5.74) is 0. The number of nitrogens with zero attached hydrogens (tertiary/aromatic N) is 2. The molecular formula is C14H14ClN3O2S2. The van der Waals surface area contributed by atoms with Gasteiger partial charge >= 0.3 is 0 Å². The van der Waals surface area contributed by atoms with Crippen LogP contribution >= 0.6 is 34.7 Å². The largest absolute Gasteiger partial charge is 0.371 e. The minimum atomic E-state index is -0.102. The van der Waals surface area contributed by atoms with Crippen molar-refractivity contribution in [1.82, 2.24) is 10.2 Å². The third-order valence-electron chi connectivity index (χ3n) is 3.08. The molecule has 1 aromatic carbocycles. The first-order valence-electron chi connectivity index (χ1n) is 6.84. The number of rotatable bonds is 5. The molecule has 1 aromatic heterocycles. The zero-order chi connectivity index (χ0) is 15.4. The molecule has 22 heavy (non-hydrogen) atoms. The smallest absolute Gasteiger partial charge is 0.236 e. The van der Waals surface area contributed by atoms with Gasteiger partial charge in [0.15, 0.2) is 0 Å². The number of hydrogen-bond acceptors (Lipinski definition) is 6. The standard InChI is InChI=1S/C14H14ClN3O2S2/c15-9-3-5-10(6-4-9)21-8-12(19)16-14-18-17-13(22-14)11-2-1-7-20-11/h3-6,11H,1-2,7-8H2,(H,16,18,19)/t11-/m1/s1. The molecule has 1 aliphatic heterocycles. The number of benzene rings is 1. The van der Waals surface area contributed by atoms with Gasteiger partial charge in [0.1, 0.15) is 11.1 Å². The summed E-state index contributed by atoms with van der Waals surface area (Å²) in [7, 11) is 0. The Kier molecular flexibility index (Phi) is 5.30. The fourth-order valence-corrected chi connectivity index (χ4v) is 3.69. The lowest BCUT2D eigenvalue weighted by Crippen LogP contribution is -2.13. The predicted octanol–water partition coefficient (Wildman–Crippen LogP) is 3.77. The molecule has 8 heteroatoms. The van der Waals surface area contributed by atoms with Crippen LogP contribution in [0.2, 0.25) is 5.02 Å². The lowest BCUT2D eigenvalue weighted by atomic mass is 10.2. The van der Waals surface area contributed by atoms with Gasteiger partial charge in [0.05, 0.1) is 5.75 Å². The number of nitrogens with one attached hydrogen (secondary N) is 1. The zero-order valence-corrected chi connectivity index (χ0v) is 14.0. The van der Waals surface area contributed by atoms with E-state index in [1.165, 1.54) is 23.1 Å². The third-order valence-corrected chi connectivity index (χ3v) is 5.27. The molecule has 0 aliphatic carbocycles. The predicted molar refractivity (Wildman–Crippen MR) is 88.6 cm³/mol. The van der Waals surface area contributed by atoms with Crippen LogP contribution in [-0.4, -0.2) is 28.5 Å². The zero-order valence-electron chi connectivity index (χ0n) is 11.6. The molecule has 0 bridgehead atoms. The van der Waals surface area contributed by atoms with Crippen molar-refractivity contribution in [2.45, 2.75) is 23.8 Å². The fourth-order valence-electron chi connectivity index (χ4n) is 2.02. The molecule has 0 radical (unpaired) electrons. The van der Waals surface area contributed by atoms with Crippen molar-refractivity contribution in [2.24, 2.45) is 0 Å². The first kappa shape index (κ1) is 15.7. The topological polar surface area (TPSA) is 64.1 Å². The van der Waals surface area contributed by atoms with Gasteiger partial charge in [0, 0.05) is 16.5 Å². The second-order valence-corrected chi connectivity index (χ2v) is 7.23. The number of carbonyl (C=O) groups excluding carboxylic acids is 1. The van der Waals surface area contributed by atoms with Crippen molar-refractivity contribution < 1.29 is 9.53 Å². The summed E-state index contributed by atoms with van der Waals surface area (Å²) in [5, 5.41) is 12.9. The molecule has 0 spiro atoms. The maximum absolute atomic E-state index is 11.9. The Morgan fingerprint density at radius 2 is 2.23 bits per heavy atom. The second-order valence-electron chi connectivity index (χ2n) is 4.74. The molecule has 5 nitrogen and oxygen atoms in total. The number of anilines is 1. The van der Waals surface area contributed by atoms with Crippen LogP contribution in [0.1, 0.15) is 24.0 Å². The van der Waals surface area contributed by atoms with E-state index in [0.717, 1.165) is 29.4 Å². The number of hydrogen-bond donors (Lipinski definition) is 1. The first-order valence-corrected chi connectivity index (χ1v) is 9.02. The Balaban J connectivity index is 1.50. The molecule has 1 N–H and O–H groups in total. The molecule has 2 aromatic rings. The summed E-state index contributed by atoms with van der Waals surface area (Å²) in [5.74, 6) is 0.214. The van der Waals surface area contributed by atoms with Crippen LogP contribution < -0.4 is 5.32 Å². The quantitative estimate of drug-likeness (QED) is 0.827. The molecule has 116 valence electrons. The van der Waals surface area contributed by atoms with Gasteiger partial charge < -0.3 is 4.74 Å². The highest BCUT2D eigenvalue weighted by Gasteiger charge is 2.22. The lowest BCUT2D eigenvalue weighted by molar-refractivity contribution is -0.113. The van der Waals surface area contributed by atoms with Crippen molar-refractivity contribution in [3.05, 3.63) is 34.3 Å². The minimum Gasteiger partial charge on any atom is -0.371 e. The summed E-state index contributed by atoms with van der Waals surface area (Å²) in [6.07, 6.45) is 2.05. The van der Waals surface area contributed by atoms with Crippen molar-refractivity contribution in [2.75, 3.05) is 17.7 Å². The molecule has 1 aliphatic rings. The van der Waals surface area contributed by atoms with E-state index in [2.05, 4.69) is 15.5 Å². The number of aromatic nitrogens is 2. The number of carbonyl (C=O) groups is 1. The van der Waals surface area contributed by atoms with E-state index >= 15 is 0 Å². The van der Waals surface area contributed by atoms with Crippen molar-refractivity contribution in [3.8, 4) is 0 Å². The summed E-state index contributed by atoms with van der Waals surface area (Å²) in [6.45, 7) is 0.768. The number of amides is 1. The molecule has 1 amide bonds. The lowest BCUT2D eigenvalue weighted by Gasteiger charge is -2.03. The molecule has 1 saturated heterocycles. The van der Waals surface area contributed by atoms with Crippen molar-refractivity contribution in [1.29, 1.82) is 0 Å². The molecule has 0 unspecified atom stereocenters. The summed E-state index contributed by atoms with van der Waals surface area (Å²) < 4.78 is 5.55. The number of ether oxygens (including phenoxy) is 1. The van der Waals surface area contributed by atoms with Crippen LogP contribution in [0.3, 0.4) is 0 Å². The second kappa shape index (κ2) is 7.41. The van der Waals surface area contributed by atoms with Crippen LogP contribution in [0.5, 0.6) is 0 Å². The van der Waals surface area contributed by atoms with Gasteiger partial charge in [-0.25, -0.2) is 0 Å². The Bertz CT molecular complexity index is 642. The molecule has 2 heterocycles. The maximum atomic E-state index is 11.9. The summed E-state index contributed by atoms with van der Waals surface area (Å²) in [6, 6.07) is 7.39. The van der Waals surface area contributed by atoms with Gasteiger partial charge in [-0.15, -0.1) is 22.0 Å². The normalized spacial score (nSPS) is 17.6. The highest BCUT2D eigenvalue weighted by atomic mass is 35.5. The Morgan fingerprint density at radius 1 is 1.41 bits per heavy atom. The van der Waals surface area contributed by atoms with E-state index in [4.69, 9.17) is 16.3 Å². The van der Waals surface area contributed by atoms with Gasteiger partial charge in [0.2, 0.25) is 11.0 Å². The summed E-state index contributed by atoms with van der Waals surface area (Å²) in [4.78, 5) is 12.9. The highest BCUT2D eigenvalue weighted by Crippen LogP contribution is 2.32. The van der Waals surface area contributed by atoms with Gasteiger partial charge in [-0.05, 0) is 37.1 Å². The molecule has 1 atom stereocenters. The fraction of sp³-hybridized carbons (Fsp3) is 0.357. The van der Waals surface area contributed by atoms with Crippen LogP contribution in [0.15, 0.2) is 29.2 Å². The SMILES string of the molecule is O=C(CSc1ccc(Cl)cc1)Nc1nnc([C@H]2CCCO2)s1. The third kappa shape index (κ3) is 4.19. The van der Waals surface area contributed by atoms with Crippen LogP contribution in [0.25, 0.3) is 0 Å². The average Bonchev–Trinajstić information content (AvgIpc) is 3.17. The Labute approximate surface area is 141 Å². The van der Waals surface area contributed by atoms with Crippen LogP contribution in [-0.2, 0) is 9.53 Å². The Hall–Kier alpha value is -1.15. The number of thioether (sulfide) groups is 1. The monoisotopic (exact) mass is 355 g/mol. The van der Waals surface area contributed by atoms with Crippen LogP contribution in [0.4, 0.5) is 5.13 Å². The molecule has 3 rings (SSSR count). The van der Waals surface area contributed by atoms with E-state index < -0.39 is 0 Å². The Morgan fingerprint density at radius 3 is 2.95 bits per heavy atom. The number of halogens is 1.